The van der Waals surface area contributed by atoms with Gasteiger partial charge in [0.2, 0.25) is 5.91 Å². The highest BCUT2D eigenvalue weighted by atomic mass is 32.1. The van der Waals surface area contributed by atoms with Crippen LogP contribution >= 0.6 is 11.3 Å². The molecule has 0 saturated heterocycles. The molecule has 0 radical (unpaired) electrons. The van der Waals surface area contributed by atoms with Crippen LogP contribution in [-0.2, 0) is 4.79 Å². The summed E-state index contributed by atoms with van der Waals surface area (Å²) in [5.41, 5.74) is 5.04. The van der Waals surface area contributed by atoms with Gasteiger partial charge in [-0.1, -0.05) is 18.2 Å². The van der Waals surface area contributed by atoms with E-state index in [0.29, 0.717) is 11.4 Å². The fourth-order valence-electron chi connectivity index (χ4n) is 3.92. The minimum Gasteiger partial charge on any atom is -0.328 e. The Labute approximate surface area is 182 Å². The number of urea groups is 1. The van der Waals surface area contributed by atoms with Gasteiger partial charge in [-0.2, -0.15) is 16.4 Å². The SMILES string of the molecule is CC1=NC(=O)NC(c2cccc(-c3ccsc3)c2)C1C(=O)Nc1ccc2[nH]ncc2c1. The Hall–Kier alpha value is -3.78. The lowest BCUT2D eigenvalue weighted by Gasteiger charge is -2.30. The van der Waals surface area contributed by atoms with Crippen molar-refractivity contribution in [3.05, 3.63) is 71.1 Å². The van der Waals surface area contributed by atoms with E-state index in [1.165, 1.54) is 0 Å². The van der Waals surface area contributed by atoms with Crippen molar-refractivity contribution in [2.45, 2.75) is 13.0 Å². The number of aromatic amines is 1. The van der Waals surface area contributed by atoms with Crippen LogP contribution in [0.3, 0.4) is 0 Å². The summed E-state index contributed by atoms with van der Waals surface area (Å²) in [6.07, 6.45) is 1.71. The largest absolute Gasteiger partial charge is 0.341 e. The Morgan fingerprint density at radius 3 is 2.87 bits per heavy atom. The lowest BCUT2D eigenvalue weighted by molar-refractivity contribution is -0.118. The summed E-state index contributed by atoms with van der Waals surface area (Å²) >= 11 is 1.63. The third-order valence-electron chi connectivity index (χ3n) is 5.43. The second-order valence-electron chi connectivity index (χ2n) is 7.46. The van der Waals surface area contributed by atoms with Crippen LogP contribution in [0, 0.1) is 5.92 Å². The van der Waals surface area contributed by atoms with Gasteiger partial charge in [0.15, 0.2) is 0 Å². The zero-order valence-electron chi connectivity index (χ0n) is 16.6. The molecule has 8 heteroatoms. The molecule has 1 aliphatic heterocycles. The van der Waals surface area contributed by atoms with E-state index in [-0.39, 0.29) is 5.91 Å². The van der Waals surface area contributed by atoms with Crippen LogP contribution in [0.1, 0.15) is 18.5 Å². The summed E-state index contributed by atoms with van der Waals surface area (Å²) in [4.78, 5) is 29.5. The lowest BCUT2D eigenvalue weighted by atomic mass is 9.86. The van der Waals surface area contributed by atoms with Gasteiger partial charge in [0.1, 0.15) is 5.92 Å². The summed E-state index contributed by atoms with van der Waals surface area (Å²) in [6, 6.07) is 14.5. The number of benzene rings is 2. The Kier molecular flexibility index (Phi) is 4.83. The van der Waals surface area contributed by atoms with Crippen molar-refractivity contribution in [3.63, 3.8) is 0 Å². The summed E-state index contributed by atoms with van der Waals surface area (Å²) in [6.45, 7) is 1.72. The van der Waals surface area contributed by atoms with Crippen molar-refractivity contribution in [1.82, 2.24) is 15.5 Å². The van der Waals surface area contributed by atoms with Crippen LogP contribution < -0.4 is 10.6 Å². The number of thiophene rings is 1. The molecule has 2 aromatic heterocycles. The predicted molar refractivity (Wildman–Crippen MR) is 122 cm³/mol. The van der Waals surface area contributed by atoms with Gasteiger partial charge < -0.3 is 10.6 Å². The highest BCUT2D eigenvalue weighted by Gasteiger charge is 2.37. The average Bonchev–Trinajstić information content (AvgIpc) is 3.45. The van der Waals surface area contributed by atoms with Crippen molar-refractivity contribution < 1.29 is 9.59 Å². The molecule has 0 aliphatic carbocycles. The first-order valence-corrected chi connectivity index (χ1v) is 10.7. The summed E-state index contributed by atoms with van der Waals surface area (Å²) in [7, 11) is 0. The van der Waals surface area contributed by atoms with E-state index in [9.17, 15) is 9.59 Å². The summed E-state index contributed by atoms with van der Waals surface area (Å²) in [5.74, 6) is -0.856. The second kappa shape index (κ2) is 7.81. The van der Waals surface area contributed by atoms with Crippen molar-refractivity contribution in [3.8, 4) is 11.1 Å². The first-order valence-electron chi connectivity index (χ1n) is 9.81. The molecule has 1 aliphatic rings. The highest BCUT2D eigenvalue weighted by molar-refractivity contribution is 7.08. The maximum atomic E-state index is 13.3. The number of hydrogen-bond acceptors (Lipinski definition) is 4. The molecule has 2 atom stereocenters. The molecule has 3 N–H and O–H groups in total. The lowest BCUT2D eigenvalue weighted by Crippen LogP contribution is -2.45. The second-order valence-corrected chi connectivity index (χ2v) is 8.24. The van der Waals surface area contributed by atoms with Gasteiger partial charge in [-0.05, 0) is 64.7 Å². The minimum absolute atomic E-state index is 0.227. The normalized spacial score (nSPS) is 18.5. The van der Waals surface area contributed by atoms with Gasteiger partial charge >= 0.3 is 6.03 Å². The maximum absolute atomic E-state index is 13.3. The average molecular weight is 430 g/mol. The van der Waals surface area contributed by atoms with Gasteiger partial charge in [0, 0.05) is 16.8 Å². The molecule has 2 unspecified atom stereocenters. The number of aromatic nitrogens is 2. The van der Waals surface area contributed by atoms with E-state index in [4.69, 9.17) is 0 Å². The predicted octanol–water partition coefficient (Wildman–Crippen LogP) is 4.77. The van der Waals surface area contributed by atoms with Gasteiger partial charge in [-0.25, -0.2) is 9.79 Å². The number of carbonyl (C=O) groups is 2. The molecular formula is C23H19N5O2S. The van der Waals surface area contributed by atoms with Crippen LogP contribution in [0.25, 0.3) is 22.0 Å². The van der Waals surface area contributed by atoms with E-state index in [2.05, 4.69) is 31.2 Å². The molecule has 4 aromatic rings. The molecule has 3 amide bonds. The molecule has 5 rings (SSSR count). The highest BCUT2D eigenvalue weighted by Crippen LogP contribution is 2.32. The topological polar surface area (TPSA) is 99.2 Å². The number of carbonyl (C=O) groups excluding carboxylic acids is 2. The molecule has 0 spiro atoms. The Morgan fingerprint density at radius 1 is 1.13 bits per heavy atom. The number of nitrogens with zero attached hydrogens (tertiary/aromatic N) is 2. The first-order chi connectivity index (χ1) is 15.1. The monoisotopic (exact) mass is 429 g/mol. The van der Waals surface area contributed by atoms with Gasteiger partial charge in [-0.15, -0.1) is 0 Å². The van der Waals surface area contributed by atoms with Gasteiger partial charge in [0.05, 0.1) is 17.8 Å². The third kappa shape index (κ3) is 3.73. The summed E-state index contributed by atoms with van der Waals surface area (Å²) < 4.78 is 0. The van der Waals surface area contributed by atoms with E-state index in [1.807, 2.05) is 53.9 Å². The van der Waals surface area contributed by atoms with Crippen LogP contribution in [-0.4, -0.2) is 27.8 Å². The van der Waals surface area contributed by atoms with Crippen molar-refractivity contribution in [1.29, 1.82) is 0 Å². The Bertz CT molecular complexity index is 1310. The molecule has 154 valence electrons. The number of hydrogen-bond donors (Lipinski definition) is 3. The van der Waals surface area contributed by atoms with E-state index < -0.39 is 18.0 Å². The third-order valence-corrected chi connectivity index (χ3v) is 6.11. The summed E-state index contributed by atoms with van der Waals surface area (Å²) in [5, 5.41) is 17.7. The van der Waals surface area contributed by atoms with Crippen molar-refractivity contribution in [2.24, 2.45) is 10.9 Å². The zero-order chi connectivity index (χ0) is 21.4. The van der Waals surface area contributed by atoms with Gasteiger partial charge in [-0.3, -0.25) is 9.89 Å². The van der Waals surface area contributed by atoms with Gasteiger partial charge in [0.25, 0.3) is 0 Å². The molecule has 0 bridgehead atoms. The van der Waals surface area contributed by atoms with Crippen LogP contribution in [0.15, 0.2) is 70.5 Å². The molecule has 31 heavy (non-hydrogen) atoms. The number of fused-ring (bicyclic) bond motifs is 1. The minimum atomic E-state index is -0.629. The molecule has 0 saturated carbocycles. The quantitative estimate of drug-likeness (QED) is 0.436. The molecule has 0 fully saturated rings. The Morgan fingerprint density at radius 2 is 2.03 bits per heavy atom. The molecule has 3 heterocycles. The standard InChI is InChI=1S/C23H19N5O2S/c1-13-20(22(29)26-18-5-6-19-17(10-18)11-24-28-19)21(27-23(30)25-13)15-4-2-3-14(9-15)16-7-8-31-12-16/h2-12,20-21H,1H3,(H,24,28)(H,26,29)(H,27,30). The maximum Gasteiger partial charge on any atom is 0.341 e. The first kappa shape index (κ1) is 19.2. The smallest absolute Gasteiger partial charge is 0.328 e. The number of amides is 3. The number of aliphatic imine (C=N–C) groups is 1. The molecular weight excluding hydrogens is 410 g/mol. The zero-order valence-corrected chi connectivity index (χ0v) is 17.4. The fourth-order valence-corrected chi connectivity index (χ4v) is 4.58. The molecule has 2 aromatic carbocycles. The fraction of sp³-hybridized carbons (Fsp3) is 0.130. The number of rotatable bonds is 4. The van der Waals surface area contributed by atoms with Crippen LogP contribution in [0.2, 0.25) is 0 Å². The van der Waals surface area contributed by atoms with Crippen LogP contribution in [0.5, 0.6) is 0 Å². The van der Waals surface area contributed by atoms with Crippen molar-refractivity contribution >= 4 is 45.6 Å². The molecule has 7 nitrogen and oxygen atoms in total. The number of anilines is 1. The number of H-pyrrole nitrogens is 1. The number of nitrogens with one attached hydrogen (secondary N) is 3. The Balaban J connectivity index is 1.47. The van der Waals surface area contributed by atoms with E-state index in [1.54, 1.807) is 24.5 Å². The van der Waals surface area contributed by atoms with Crippen molar-refractivity contribution in [2.75, 3.05) is 5.32 Å². The van der Waals surface area contributed by atoms with E-state index >= 15 is 0 Å². The van der Waals surface area contributed by atoms with Crippen LogP contribution in [0.4, 0.5) is 10.5 Å². The van der Waals surface area contributed by atoms with E-state index in [0.717, 1.165) is 27.6 Å².